The number of alkyl halides is 3. The minimum atomic E-state index is -4.55. The third-order valence-corrected chi connectivity index (χ3v) is 5.85. The Morgan fingerprint density at radius 3 is 2.61 bits per heavy atom. The number of halogens is 5. The monoisotopic (exact) mass is 524 g/mol. The molecule has 1 fully saturated rings. The van der Waals surface area contributed by atoms with Crippen LogP contribution in [0, 0.1) is 11.7 Å². The van der Waals surface area contributed by atoms with Crippen LogP contribution in [0.3, 0.4) is 0 Å². The molecule has 4 rings (SSSR count). The molecule has 190 valence electrons. The first kappa shape index (κ1) is 25.6. The van der Waals surface area contributed by atoms with E-state index in [-0.39, 0.29) is 30.3 Å². The highest BCUT2D eigenvalue weighted by atomic mass is 35.5. The van der Waals surface area contributed by atoms with Gasteiger partial charge in [-0.2, -0.15) is 13.2 Å². The topological polar surface area (TPSA) is 85.2 Å². The molecule has 2 N–H and O–H groups in total. The Bertz CT molecular complexity index is 1280. The summed E-state index contributed by atoms with van der Waals surface area (Å²) in [6.45, 7) is 0.615. The number of carbonyl (C=O) groups is 2. The summed E-state index contributed by atoms with van der Waals surface area (Å²) in [6.07, 6.45) is -6.52. The Morgan fingerprint density at radius 1 is 1.25 bits per heavy atom. The third-order valence-electron chi connectivity index (χ3n) is 5.59. The van der Waals surface area contributed by atoms with Crippen molar-refractivity contribution in [3.63, 3.8) is 0 Å². The summed E-state index contributed by atoms with van der Waals surface area (Å²) in [5.41, 5.74) is 1.39. The molecule has 1 aliphatic rings. The van der Waals surface area contributed by atoms with Gasteiger partial charge in [0.1, 0.15) is 5.82 Å². The fraction of sp³-hybridized carbons (Fsp3) is 0.292. The van der Waals surface area contributed by atoms with Crippen LogP contribution in [0.4, 0.5) is 23.4 Å². The number of rotatable bonds is 7. The number of hydrogen-bond acceptors (Lipinski definition) is 4. The smallest absolute Gasteiger partial charge is 0.364 e. The highest BCUT2D eigenvalue weighted by molar-refractivity contribution is 6.30. The average Bonchev–Trinajstić information content (AvgIpc) is 3.43. The van der Waals surface area contributed by atoms with E-state index in [2.05, 4.69) is 15.7 Å². The van der Waals surface area contributed by atoms with E-state index in [9.17, 15) is 27.2 Å². The Labute approximate surface area is 208 Å². The number of carbonyl (C=O) groups excluding carboxylic acids is 2. The first-order valence-electron chi connectivity index (χ1n) is 10.9. The molecule has 36 heavy (non-hydrogen) atoms. The van der Waals surface area contributed by atoms with Crippen molar-refractivity contribution in [2.24, 2.45) is 5.92 Å². The predicted molar refractivity (Wildman–Crippen MR) is 124 cm³/mol. The number of amides is 2. The normalized spacial score (nSPS) is 16.6. The van der Waals surface area contributed by atoms with Gasteiger partial charge in [-0.15, -0.1) is 5.10 Å². The maximum atomic E-state index is 14.5. The number of nitrogens with zero attached hydrogens (tertiary/aromatic N) is 2. The van der Waals surface area contributed by atoms with Gasteiger partial charge in [0.25, 0.3) is 0 Å². The van der Waals surface area contributed by atoms with Crippen LogP contribution in [0.5, 0.6) is 0 Å². The Kier molecular flexibility index (Phi) is 7.32. The molecule has 2 aromatic carbocycles. The van der Waals surface area contributed by atoms with Gasteiger partial charge in [0.15, 0.2) is 11.9 Å². The summed E-state index contributed by atoms with van der Waals surface area (Å²) in [5.74, 6) is -1.73. The highest BCUT2D eigenvalue weighted by Gasteiger charge is 2.37. The maximum absolute atomic E-state index is 14.5. The van der Waals surface area contributed by atoms with E-state index in [0.29, 0.717) is 22.0 Å². The summed E-state index contributed by atoms with van der Waals surface area (Å²) in [7, 11) is 0. The molecule has 1 saturated heterocycles. The molecular weight excluding hydrogens is 504 g/mol. The van der Waals surface area contributed by atoms with Crippen molar-refractivity contribution in [1.29, 1.82) is 0 Å². The summed E-state index contributed by atoms with van der Waals surface area (Å²) in [5, 5.41) is 10.2. The third kappa shape index (κ3) is 6.03. The quantitative estimate of drug-likeness (QED) is 0.432. The van der Waals surface area contributed by atoms with Gasteiger partial charge >= 0.3 is 6.18 Å². The molecule has 0 saturated carbocycles. The van der Waals surface area contributed by atoms with E-state index in [1.165, 1.54) is 22.9 Å². The molecular formula is C24H21ClF4N4O3. The lowest BCUT2D eigenvalue weighted by Crippen LogP contribution is -2.28. The highest BCUT2D eigenvalue weighted by Crippen LogP contribution is 2.30. The van der Waals surface area contributed by atoms with E-state index in [1.54, 1.807) is 24.3 Å². The van der Waals surface area contributed by atoms with Crippen LogP contribution < -0.4 is 10.6 Å². The number of aromatic nitrogens is 2. The van der Waals surface area contributed by atoms with E-state index in [1.807, 2.05) is 0 Å². The number of nitrogens with one attached hydrogen (secondary N) is 2. The molecule has 12 heteroatoms. The van der Waals surface area contributed by atoms with E-state index in [4.69, 9.17) is 16.3 Å². The number of anilines is 1. The minimum absolute atomic E-state index is 0.0557. The molecule has 0 aliphatic carbocycles. The van der Waals surface area contributed by atoms with Crippen LogP contribution in [0.2, 0.25) is 5.02 Å². The fourth-order valence-electron chi connectivity index (χ4n) is 3.64. The molecule has 0 unspecified atom stereocenters. The molecule has 2 atom stereocenters. The van der Waals surface area contributed by atoms with Crippen LogP contribution in [0.1, 0.15) is 18.9 Å². The second-order valence-corrected chi connectivity index (χ2v) is 8.78. The first-order valence-corrected chi connectivity index (χ1v) is 11.3. The zero-order valence-corrected chi connectivity index (χ0v) is 19.7. The van der Waals surface area contributed by atoms with Gasteiger partial charge in [0, 0.05) is 29.6 Å². The van der Waals surface area contributed by atoms with Crippen LogP contribution in [0.25, 0.3) is 16.9 Å². The maximum Gasteiger partial charge on any atom is 0.414 e. The Hall–Kier alpha value is -3.44. The van der Waals surface area contributed by atoms with Gasteiger partial charge in [-0.1, -0.05) is 11.6 Å². The molecule has 3 aromatic rings. The van der Waals surface area contributed by atoms with Crippen LogP contribution in [-0.4, -0.2) is 40.4 Å². The molecule has 0 bridgehead atoms. The molecule has 1 aliphatic heterocycles. The molecule has 7 nitrogen and oxygen atoms in total. The lowest BCUT2D eigenvalue weighted by molar-refractivity contribution is -0.217. The zero-order valence-electron chi connectivity index (χ0n) is 18.9. The lowest BCUT2D eigenvalue weighted by atomic mass is 10.1. The molecule has 1 aromatic heterocycles. The molecule has 2 amide bonds. The summed E-state index contributed by atoms with van der Waals surface area (Å²) in [4.78, 5) is 24.0. The Balaban J connectivity index is 1.67. The van der Waals surface area contributed by atoms with Gasteiger partial charge in [-0.25, -0.2) is 9.07 Å². The number of ether oxygens (including phenoxy) is 1. The van der Waals surface area contributed by atoms with Gasteiger partial charge in [-0.3, -0.25) is 9.59 Å². The summed E-state index contributed by atoms with van der Waals surface area (Å²) in [6, 6.07) is 11.9. The predicted octanol–water partition coefficient (Wildman–Crippen LogP) is 4.87. The van der Waals surface area contributed by atoms with Gasteiger partial charge in [-0.05, 0) is 55.0 Å². The largest absolute Gasteiger partial charge is 0.414 e. The van der Waals surface area contributed by atoms with Crippen molar-refractivity contribution in [3.05, 3.63) is 64.9 Å². The second kappa shape index (κ2) is 10.3. The van der Waals surface area contributed by atoms with Crippen molar-refractivity contribution in [2.45, 2.75) is 32.2 Å². The van der Waals surface area contributed by atoms with E-state index < -0.39 is 36.5 Å². The number of benzene rings is 2. The molecule has 2 heterocycles. The Morgan fingerprint density at radius 2 is 1.97 bits per heavy atom. The van der Waals surface area contributed by atoms with Crippen LogP contribution >= 0.6 is 11.6 Å². The lowest BCUT2D eigenvalue weighted by Gasteiger charge is -2.16. The first-order chi connectivity index (χ1) is 17.0. The summed E-state index contributed by atoms with van der Waals surface area (Å²) < 4.78 is 59.2. The van der Waals surface area contributed by atoms with Gasteiger partial charge in [0.2, 0.25) is 11.8 Å². The van der Waals surface area contributed by atoms with Crippen molar-refractivity contribution >= 4 is 29.2 Å². The second-order valence-electron chi connectivity index (χ2n) is 8.34. The standard InChI is InChI=1S/C24H21ClF4N4O3/c1-13(24(27,28)29)36-12-14-6-15(8-18(26)7-14)20-10-21(31-23(35)16-9-22(34)30-11-16)32-33(20)19-4-2-17(25)3-5-19/h2-8,10,13,16H,9,11-12H2,1H3,(H,30,34)(H,31,32,35)/t13-,16-/m1/s1. The molecule has 0 radical (unpaired) electrons. The average molecular weight is 525 g/mol. The van der Waals surface area contributed by atoms with E-state index >= 15 is 0 Å². The van der Waals surface area contributed by atoms with Crippen molar-refractivity contribution in [2.75, 3.05) is 11.9 Å². The minimum Gasteiger partial charge on any atom is -0.364 e. The SMILES string of the molecule is C[C@@H](OCc1cc(F)cc(-c2cc(NC(=O)[C@H]3CNC(=O)C3)nn2-c2ccc(Cl)cc2)c1)C(F)(F)F. The van der Waals surface area contributed by atoms with Crippen molar-refractivity contribution in [3.8, 4) is 16.9 Å². The zero-order chi connectivity index (χ0) is 26.0. The van der Waals surface area contributed by atoms with Crippen molar-refractivity contribution < 1.29 is 31.9 Å². The van der Waals surface area contributed by atoms with E-state index in [0.717, 1.165) is 13.0 Å². The van der Waals surface area contributed by atoms with Crippen LogP contribution in [-0.2, 0) is 20.9 Å². The van der Waals surface area contributed by atoms with Crippen LogP contribution in [0.15, 0.2) is 48.5 Å². The summed E-state index contributed by atoms with van der Waals surface area (Å²) >= 11 is 5.98. The van der Waals surface area contributed by atoms with Crippen molar-refractivity contribution in [1.82, 2.24) is 15.1 Å². The van der Waals surface area contributed by atoms with Gasteiger partial charge in [0.05, 0.1) is 23.9 Å². The number of hydrogen-bond donors (Lipinski definition) is 2. The van der Waals surface area contributed by atoms with Gasteiger partial charge < -0.3 is 15.4 Å². The molecule has 0 spiro atoms. The fourth-order valence-corrected chi connectivity index (χ4v) is 3.77.